The number of halogens is 2. The predicted octanol–water partition coefficient (Wildman–Crippen LogP) is 4.53. The van der Waals surface area contributed by atoms with Crippen LogP contribution in [0.5, 0.6) is 0 Å². The molecule has 4 nitrogen and oxygen atoms in total. The molecule has 0 saturated carbocycles. The second kappa shape index (κ2) is 10.1. The van der Waals surface area contributed by atoms with Crippen molar-refractivity contribution in [1.29, 1.82) is 0 Å². The summed E-state index contributed by atoms with van der Waals surface area (Å²) < 4.78 is 0. The second-order valence-corrected chi connectivity index (χ2v) is 7.70. The maximum Gasteiger partial charge on any atom is 0.226 e. The number of thiazole rings is 1. The number of nitrogens with zero attached hydrogens (tertiary/aromatic N) is 1. The number of aromatic nitrogens is 1. The van der Waals surface area contributed by atoms with Crippen LogP contribution >= 0.6 is 35.3 Å². The van der Waals surface area contributed by atoms with Crippen molar-refractivity contribution in [2.24, 2.45) is 5.92 Å². The van der Waals surface area contributed by atoms with Gasteiger partial charge < -0.3 is 10.6 Å². The molecule has 0 spiro atoms. The first kappa shape index (κ1) is 20.2. The lowest BCUT2D eigenvalue weighted by Crippen LogP contribution is -2.28. The Morgan fingerprint density at radius 3 is 2.84 bits per heavy atom. The molecule has 3 rings (SSSR count). The summed E-state index contributed by atoms with van der Waals surface area (Å²) >= 11 is 7.70. The zero-order chi connectivity index (χ0) is 16.8. The number of amides is 1. The van der Waals surface area contributed by atoms with Crippen LogP contribution in [-0.2, 0) is 11.2 Å². The molecule has 1 fully saturated rings. The second-order valence-electron chi connectivity index (χ2n) is 6.18. The highest BCUT2D eigenvalue weighted by atomic mass is 35.5. The Labute approximate surface area is 163 Å². The van der Waals surface area contributed by atoms with Crippen LogP contribution in [0.25, 0.3) is 0 Å². The number of hydrogen-bond donors (Lipinski definition) is 2. The molecule has 2 aromatic rings. The molecule has 136 valence electrons. The molecule has 2 heterocycles. The number of anilines is 1. The summed E-state index contributed by atoms with van der Waals surface area (Å²) in [6.07, 6.45) is 6.44. The number of benzene rings is 1. The summed E-state index contributed by atoms with van der Waals surface area (Å²) in [5.41, 5.74) is 1.08. The van der Waals surface area contributed by atoms with Gasteiger partial charge >= 0.3 is 0 Å². The van der Waals surface area contributed by atoms with Gasteiger partial charge in [0.25, 0.3) is 0 Å². The normalized spacial score (nSPS) is 14.8. The quantitative estimate of drug-likeness (QED) is 0.749. The fourth-order valence-electron chi connectivity index (χ4n) is 2.96. The Kier molecular flexibility index (Phi) is 8.16. The summed E-state index contributed by atoms with van der Waals surface area (Å²) in [5, 5.41) is 7.71. The Balaban J connectivity index is 0.00000225. The predicted molar refractivity (Wildman–Crippen MR) is 107 cm³/mol. The van der Waals surface area contributed by atoms with E-state index in [0.717, 1.165) is 41.4 Å². The Morgan fingerprint density at radius 2 is 2.08 bits per heavy atom. The van der Waals surface area contributed by atoms with Gasteiger partial charge in [-0.05, 0) is 49.9 Å². The molecule has 0 unspecified atom stereocenters. The highest BCUT2D eigenvalue weighted by molar-refractivity contribution is 7.15. The minimum atomic E-state index is 0. The van der Waals surface area contributed by atoms with Gasteiger partial charge in [-0.15, -0.1) is 23.7 Å². The number of nitrogens with one attached hydrogen (secondary N) is 2. The highest BCUT2D eigenvalue weighted by Gasteiger charge is 2.15. The van der Waals surface area contributed by atoms with E-state index in [1.54, 1.807) is 0 Å². The standard InChI is InChI=1S/C18H22ClN3OS.ClH/c19-16-4-2-1-3-14(16)11-15-12-21-18(24-15)22-17(23)6-5-13-7-9-20-10-8-13;/h1-4,12-13,20H,5-11H2,(H,21,22,23);1H. The van der Waals surface area contributed by atoms with E-state index >= 15 is 0 Å². The third kappa shape index (κ3) is 6.26. The van der Waals surface area contributed by atoms with Crippen LogP contribution in [0.2, 0.25) is 5.02 Å². The van der Waals surface area contributed by atoms with E-state index in [2.05, 4.69) is 15.6 Å². The number of carbonyl (C=O) groups excluding carboxylic acids is 1. The van der Waals surface area contributed by atoms with Gasteiger partial charge in [0, 0.05) is 28.9 Å². The monoisotopic (exact) mass is 399 g/mol. The van der Waals surface area contributed by atoms with Crippen LogP contribution in [-0.4, -0.2) is 24.0 Å². The van der Waals surface area contributed by atoms with Crippen LogP contribution in [0.4, 0.5) is 5.13 Å². The topological polar surface area (TPSA) is 54.0 Å². The van der Waals surface area contributed by atoms with E-state index in [0.29, 0.717) is 17.5 Å². The average molecular weight is 400 g/mol. The minimum absolute atomic E-state index is 0. The molecule has 1 aliphatic heterocycles. The molecule has 7 heteroatoms. The van der Waals surface area contributed by atoms with Crippen molar-refractivity contribution < 1.29 is 4.79 Å². The summed E-state index contributed by atoms with van der Waals surface area (Å²) in [6, 6.07) is 7.80. The fraction of sp³-hybridized carbons (Fsp3) is 0.444. The lowest BCUT2D eigenvalue weighted by Gasteiger charge is -2.21. The summed E-state index contributed by atoms with van der Waals surface area (Å²) in [6.45, 7) is 2.15. The maximum atomic E-state index is 12.1. The van der Waals surface area contributed by atoms with Crippen LogP contribution in [0.15, 0.2) is 30.5 Å². The lowest BCUT2D eigenvalue weighted by molar-refractivity contribution is -0.116. The van der Waals surface area contributed by atoms with E-state index in [9.17, 15) is 4.79 Å². The summed E-state index contributed by atoms with van der Waals surface area (Å²) in [5.74, 6) is 0.733. The van der Waals surface area contributed by atoms with Gasteiger partial charge in [0.05, 0.1) is 0 Å². The molecule has 0 bridgehead atoms. The average Bonchev–Trinajstić information content (AvgIpc) is 3.03. The molecule has 0 radical (unpaired) electrons. The van der Waals surface area contributed by atoms with Crippen LogP contribution in [0.1, 0.15) is 36.1 Å². The highest BCUT2D eigenvalue weighted by Crippen LogP contribution is 2.25. The van der Waals surface area contributed by atoms with Gasteiger partial charge in [-0.3, -0.25) is 4.79 Å². The zero-order valence-electron chi connectivity index (χ0n) is 14.0. The first-order valence-electron chi connectivity index (χ1n) is 8.39. The number of hydrogen-bond acceptors (Lipinski definition) is 4. The third-order valence-corrected chi connectivity index (χ3v) is 5.64. The molecule has 0 atom stereocenters. The number of rotatable bonds is 6. The first-order valence-corrected chi connectivity index (χ1v) is 9.59. The molecule has 1 aromatic heterocycles. The molecule has 1 saturated heterocycles. The van der Waals surface area contributed by atoms with Gasteiger partial charge in [-0.25, -0.2) is 4.98 Å². The van der Waals surface area contributed by atoms with Crippen molar-refractivity contribution in [1.82, 2.24) is 10.3 Å². The van der Waals surface area contributed by atoms with Crippen molar-refractivity contribution in [3.63, 3.8) is 0 Å². The van der Waals surface area contributed by atoms with E-state index in [1.807, 2.05) is 30.5 Å². The Morgan fingerprint density at radius 1 is 1.32 bits per heavy atom. The van der Waals surface area contributed by atoms with E-state index < -0.39 is 0 Å². The molecular formula is C18H23Cl2N3OS. The zero-order valence-corrected chi connectivity index (χ0v) is 16.4. The first-order chi connectivity index (χ1) is 11.7. The van der Waals surface area contributed by atoms with E-state index in [-0.39, 0.29) is 18.3 Å². The van der Waals surface area contributed by atoms with Crippen LogP contribution < -0.4 is 10.6 Å². The molecule has 1 aromatic carbocycles. The molecule has 1 aliphatic rings. The van der Waals surface area contributed by atoms with Crippen molar-refractivity contribution in [3.8, 4) is 0 Å². The smallest absolute Gasteiger partial charge is 0.226 e. The third-order valence-electron chi connectivity index (χ3n) is 4.36. The molecular weight excluding hydrogens is 377 g/mol. The van der Waals surface area contributed by atoms with E-state index in [4.69, 9.17) is 11.6 Å². The lowest BCUT2D eigenvalue weighted by atomic mass is 9.93. The largest absolute Gasteiger partial charge is 0.317 e. The maximum absolute atomic E-state index is 12.1. The van der Waals surface area contributed by atoms with Crippen molar-refractivity contribution in [2.75, 3.05) is 18.4 Å². The van der Waals surface area contributed by atoms with Crippen molar-refractivity contribution in [2.45, 2.75) is 32.1 Å². The molecule has 1 amide bonds. The molecule has 2 N–H and O–H groups in total. The number of carbonyl (C=O) groups is 1. The summed E-state index contributed by atoms with van der Waals surface area (Å²) in [4.78, 5) is 17.5. The van der Waals surface area contributed by atoms with Gasteiger partial charge in [0.1, 0.15) is 0 Å². The Bertz CT molecular complexity index is 686. The van der Waals surface area contributed by atoms with Gasteiger partial charge in [0.2, 0.25) is 5.91 Å². The minimum Gasteiger partial charge on any atom is -0.317 e. The Hall–Kier alpha value is -1.14. The SMILES string of the molecule is Cl.O=C(CCC1CCNCC1)Nc1ncc(Cc2ccccc2Cl)s1. The number of piperidine rings is 1. The molecule has 25 heavy (non-hydrogen) atoms. The fourth-order valence-corrected chi connectivity index (χ4v) is 4.02. The van der Waals surface area contributed by atoms with Crippen LogP contribution in [0, 0.1) is 5.92 Å². The van der Waals surface area contributed by atoms with Gasteiger partial charge in [-0.2, -0.15) is 0 Å². The van der Waals surface area contributed by atoms with Gasteiger partial charge in [0.15, 0.2) is 5.13 Å². The van der Waals surface area contributed by atoms with Gasteiger partial charge in [-0.1, -0.05) is 29.8 Å². The summed E-state index contributed by atoms with van der Waals surface area (Å²) in [7, 11) is 0. The van der Waals surface area contributed by atoms with Crippen LogP contribution in [0.3, 0.4) is 0 Å². The van der Waals surface area contributed by atoms with Crippen molar-refractivity contribution >= 4 is 46.4 Å². The van der Waals surface area contributed by atoms with E-state index in [1.165, 1.54) is 24.2 Å². The van der Waals surface area contributed by atoms with Crippen molar-refractivity contribution in [3.05, 3.63) is 45.9 Å². The molecule has 0 aliphatic carbocycles.